The molecule has 2 aliphatic heterocycles. The highest BCUT2D eigenvalue weighted by Crippen LogP contribution is 2.38. The van der Waals surface area contributed by atoms with Gasteiger partial charge in [-0.05, 0) is 102 Å². The fraction of sp³-hybridized carbons (Fsp3) is 0.378. The summed E-state index contributed by atoms with van der Waals surface area (Å²) in [6, 6.07) is 9.72. The van der Waals surface area contributed by atoms with Crippen molar-refractivity contribution < 1.29 is 30.0 Å². The standard InChI is InChI=1S/C22H23Cl2N5O3.C13H18N4O.C7H5Cl2NO2.C2H3ClO.CH3F/c1-11-12(2)25-18-10-16(27-29(18)21(11)31)17-6-4-5-9-28(17)22(32)19-14(23)7-8-15(24)20(19)26-13(3)30;1-8-9(2)15-12-7-11(16-17(12)13(8)18)10-5-3-4-6-14-10;8-3-1-2-4(9)6(10)5(3)7(11)12;1-2(3)4;1-2/h7-8,10,17,27H,4-6,9H2,1-3H3,(H,26,30);7,10,14,16H,3-6H2,1-2H3;1-2H,10H2,(H,11,12);1H3;1H3/t17-;10-;;;/m00.../s1/i;;;;1D. The van der Waals surface area contributed by atoms with Gasteiger partial charge in [0.05, 0.1) is 63.0 Å². The topological polar surface area (TPSA) is 242 Å². The second kappa shape index (κ2) is 24.7. The highest BCUT2D eigenvalue weighted by atomic mass is 35.5. The van der Waals surface area contributed by atoms with E-state index in [4.69, 9.17) is 58.6 Å². The molecule has 7 N–H and O–H groups in total. The van der Waals surface area contributed by atoms with Gasteiger partial charge in [-0.1, -0.05) is 52.8 Å². The van der Waals surface area contributed by atoms with Crippen LogP contribution >= 0.6 is 58.0 Å². The van der Waals surface area contributed by atoms with Gasteiger partial charge >= 0.3 is 5.97 Å². The average Bonchev–Trinajstić information content (AvgIpc) is 3.93. The Hall–Kier alpha value is -5.50. The minimum atomic E-state index is -1.18. The number of halogens is 6. The van der Waals surface area contributed by atoms with Crippen molar-refractivity contribution in [3.8, 4) is 0 Å². The number of aryl methyl sites for hydroxylation is 2. The van der Waals surface area contributed by atoms with Crippen LogP contribution < -0.4 is 27.5 Å². The lowest BCUT2D eigenvalue weighted by Crippen LogP contribution is -2.39. The van der Waals surface area contributed by atoms with E-state index in [1.807, 2.05) is 19.9 Å². The third kappa shape index (κ3) is 13.2. The van der Waals surface area contributed by atoms with Crippen LogP contribution in [-0.4, -0.2) is 82.5 Å². The summed E-state index contributed by atoms with van der Waals surface area (Å²) in [6.45, 7) is 11.4. The van der Waals surface area contributed by atoms with E-state index in [0.29, 0.717) is 52.8 Å². The average molecular weight is 1040 g/mol. The van der Waals surface area contributed by atoms with E-state index in [1.165, 1.54) is 43.3 Å². The summed E-state index contributed by atoms with van der Waals surface area (Å²) in [5.74, 6) is -1.87. The van der Waals surface area contributed by atoms with Gasteiger partial charge in [-0.2, -0.15) is 0 Å². The van der Waals surface area contributed by atoms with Crippen molar-refractivity contribution in [3.05, 3.63) is 122 Å². The molecule has 6 heterocycles. The largest absolute Gasteiger partial charge is 0.478 e. The van der Waals surface area contributed by atoms with E-state index in [0.717, 1.165) is 37.2 Å². The molecule has 17 nitrogen and oxygen atoms in total. The van der Waals surface area contributed by atoms with E-state index in [-0.39, 0.29) is 76.8 Å². The van der Waals surface area contributed by atoms with Crippen molar-refractivity contribution in [3.63, 3.8) is 0 Å². The number of hydrogen-bond acceptors (Lipinski definition) is 10. The predicted molar refractivity (Wildman–Crippen MR) is 265 cm³/mol. The van der Waals surface area contributed by atoms with Crippen molar-refractivity contribution in [2.75, 3.05) is 31.3 Å². The number of carbonyl (C=O) groups excluding carboxylic acids is 3. The van der Waals surface area contributed by atoms with Gasteiger partial charge in [-0.25, -0.2) is 23.8 Å². The minimum Gasteiger partial charge on any atom is -0.478 e. The molecular weight excluding hydrogens is 989 g/mol. The Kier molecular flexibility index (Phi) is 19.4. The zero-order valence-electron chi connectivity index (χ0n) is 39.0. The van der Waals surface area contributed by atoms with Crippen molar-refractivity contribution in [1.29, 1.82) is 0 Å². The third-order valence-corrected chi connectivity index (χ3v) is 12.3. The van der Waals surface area contributed by atoms with Crippen molar-refractivity contribution in [1.82, 2.24) is 39.4 Å². The van der Waals surface area contributed by atoms with Gasteiger partial charge in [0.25, 0.3) is 17.0 Å². The number of aromatic nitrogens is 6. The molecule has 366 valence electrons. The highest BCUT2D eigenvalue weighted by Gasteiger charge is 2.33. The maximum Gasteiger partial charge on any atom is 0.339 e. The Morgan fingerprint density at radius 1 is 0.794 bits per heavy atom. The number of aromatic amines is 2. The highest BCUT2D eigenvalue weighted by molar-refractivity contribution is 6.62. The Labute approximate surface area is 416 Å². The summed E-state index contributed by atoms with van der Waals surface area (Å²) in [7, 11) is -1.00. The first kappa shape index (κ1) is 53.5. The lowest BCUT2D eigenvalue weighted by Gasteiger charge is -2.35. The number of benzene rings is 2. The number of carboxylic acid groups (broad SMARTS) is 1. The maximum atomic E-state index is 13.7. The summed E-state index contributed by atoms with van der Waals surface area (Å²) in [6.07, 6.45) is 6.03. The number of carbonyl (C=O) groups is 4. The van der Waals surface area contributed by atoms with Gasteiger partial charge in [0, 0.05) is 61.1 Å². The number of rotatable bonds is 5. The number of H-pyrrole nitrogens is 2. The molecule has 0 bridgehead atoms. The lowest BCUT2D eigenvalue weighted by atomic mass is 9.97. The Morgan fingerprint density at radius 3 is 1.78 bits per heavy atom. The molecular formula is C45H52Cl5FN10O7. The monoisotopic (exact) mass is 1040 g/mol. The van der Waals surface area contributed by atoms with Gasteiger partial charge in [-0.15, -0.1) is 0 Å². The first-order valence-corrected chi connectivity index (χ1v) is 22.9. The maximum absolute atomic E-state index is 13.7. The van der Waals surface area contributed by atoms with Gasteiger partial charge in [0.1, 0.15) is 5.56 Å². The van der Waals surface area contributed by atoms with E-state index in [2.05, 4.69) is 42.4 Å². The second-order valence-electron chi connectivity index (χ2n) is 15.6. The predicted octanol–water partition coefficient (Wildman–Crippen LogP) is 9.36. The number of hydrogen-bond donors (Lipinski definition) is 6. The zero-order chi connectivity index (χ0) is 51.4. The molecule has 2 fully saturated rings. The number of nitrogens with two attached hydrogens (primary N) is 1. The molecule has 4 aromatic heterocycles. The van der Waals surface area contributed by atoms with Crippen LogP contribution in [-0.2, 0) is 9.59 Å². The number of carboxylic acids is 1. The van der Waals surface area contributed by atoms with E-state index in [1.54, 1.807) is 41.5 Å². The van der Waals surface area contributed by atoms with Crippen LogP contribution in [0.25, 0.3) is 11.3 Å². The van der Waals surface area contributed by atoms with Crippen LogP contribution in [0.2, 0.25) is 20.1 Å². The first-order chi connectivity index (χ1) is 32.5. The molecule has 0 spiro atoms. The zero-order valence-corrected chi connectivity index (χ0v) is 41.7. The molecule has 0 unspecified atom stereocenters. The second-order valence-corrected chi connectivity index (χ2v) is 17.8. The number of nitrogens with one attached hydrogen (secondary N) is 4. The van der Waals surface area contributed by atoms with E-state index in [9.17, 15) is 33.2 Å². The fourth-order valence-electron chi connectivity index (χ4n) is 7.43. The van der Waals surface area contributed by atoms with Crippen LogP contribution in [0.3, 0.4) is 0 Å². The number of aromatic carboxylic acids is 1. The van der Waals surface area contributed by atoms with Crippen LogP contribution in [0.4, 0.5) is 15.8 Å². The number of amides is 2. The summed E-state index contributed by atoms with van der Waals surface area (Å²) < 4.78 is 18.5. The first-order valence-electron chi connectivity index (χ1n) is 21.7. The number of piperidine rings is 2. The molecule has 0 saturated carbocycles. The number of nitrogen functional groups attached to an aromatic ring is 1. The molecule has 6 aromatic rings. The lowest BCUT2D eigenvalue weighted by molar-refractivity contribution is -0.114. The molecule has 2 aliphatic rings. The fourth-order valence-corrected chi connectivity index (χ4v) is 8.27. The molecule has 23 heteroatoms. The molecule has 8 rings (SSSR count). The van der Waals surface area contributed by atoms with Crippen molar-refractivity contribution in [2.24, 2.45) is 0 Å². The van der Waals surface area contributed by atoms with E-state index >= 15 is 0 Å². The van der Waals surface area contributed by atoms with Crippen LogP contribution in [0.15, 0.2) is 46.0 Å². The van der Waals surface area contributed by atoms with Crippen molar-refractivity contribution >= 4 is 104 Å². The summed E-state index contributed by atoms with van der Waals surface area (Å²) in [5.41, 5.74) is 11.2. The Bertz CT molecular complexity index is 2970. The number of nitrogens with zero attached hydrogens (tertiary/aromatic N) is 5. The van der Waals surface area contributed by atoms with Gasteiger partial charge in [0.2, 0.25) is 11.1 Å². The molecule has 2 saturated heterocycles. The normalized spacial score (nSPS) is 15.5. The molecule has 2 aromatic carbocycles. The number of alkyl halides is 1. The molecule has 2 atom stereocenters. The third-order valence-electron chi connectivity index (χ3n) is 11.0. The molecule has 0 aliphatic carbocycles. The van der Waals surface area contributed by atoms with Gasteiger partial charge < -0.3 is 26.4 Å². The Balaban J connectivity index is 0.000000234. The van der Waals surface area contributed by atoms with Gasteiger partial charge in [-0.3, -0.25) is 38.6 Å². The number of fused-ring (bicyclic) bond motifs is 2. The minimum absolute atomic E-state index is 0.000408. The Morgan fingerprint density at radius 2 is 1.28 bits per heavy atom. The van der Waals surface area contributed by atoms with Crippen LogP contribution in [0, 0.1) is 27.7 Å². The summed E-state index contributed by atoms with van der Waals surface area (Å²) >= 11 is 28.5. The summed E-state index contributed by atoms with van der Waals surface area (Å²) in [4.78, 5) is 80.6. The van der Waals surface area contributed by atoms with E-state index < -0.39 is 13.1 Å². The molecule has 2 amide bonds. The quantitative estimate of drug-likeness (QED) is 0.0702. The molecule has 68 heavy (non-hydrogen) atoms. The number of likely N-dealkylation sites (tertiary alicyclic amines) is 1. The van der Waals surface area contributed by atoms with Crippen LogP contribution in [0.1, 0.15) is 120 Å². The van der Waals surface area contributed by atoms with Crippen LogP contribution in [0.5, 0.6) is 0 Å². The number of anilines is 2. The SMILES string of the molecule is CC(=O)Cl.CC(=O)Nc1c(Cl)ccc(Cl)c1C(=O)N1CCCC[C@H]1c1cc2nc(C)c(C)c(=O)n2[nH]1.Cc1nc2cc([C@@H]3CCCCN3)[nH]n2c(=O)c1C.Nc1c(Cl)ccc(Cl)c1C(=O)O.[2H]CF. The van der Waals surface area contributed by atoms with Crippen molar-refractivity contribution in [2.45, 2.75) is 92.2 Å². The summed E-state index contributed by atoms with van der Waals surface area (Å²) in [5, 5.41) is 21.4. The molecule has 0 radical (unpaired) electrons. The smallest absolute Gasteiger partial charge is 0.339 e. The van der Waals surface area contributed by atoms with Gasteiger partial charge in [0.15, 0.2) is 11.3 Å².